The fourth-order valence-electron chi connectivity index (χ4n) is 5.11. The van der Waals surface area contributed by atoms with Crippen LogP contribution in [0, 0.1) is 0 Å². The lowest BCUT2D eigenvalue weighted by Gasteiger charge is -2.34. The number of rotatable bonds is 16. The minimum atomic E-state index is -4.23. The van der Waals surface area contributed by atoms with Crippen LogP contribution in [0.25, 0.3) is 0 Å². The smallest absolute Gasteiger partial charge is 0.264 e. The molecule has 0 heterocycles. The number of thioether (sulfide) groups is 1. The Balaban J connectivity index is 1.81. The maximum atomic E-state index is 14.6. The summed E-state index contributed by atoms with van der Waals surface area (Å²) >= 11 is 7.83. The predicted molar refractivity (Wildman–Crippen MR) is 194 cm³/mol. The molecule has 0 radical (unpaired) electrons. The quantitative estimate of drug-likeness (QED) is 0.124. The SMILES string of the molecule is CCOc1ccc(N(CC(=O)N(Cc2cccc(Cl)c2)[C@@H](Cc2ccccc2)C(=O)N[C@@H](C)CC)S(=O)(=O)c2ccc(SC)cc2)cc1. The fourth-order valence-corrected chi connectivity index (χ4v) is 7.14. The first-order valence-corrected chi connectivity index (χ1v) is 18.9. The van der Waals surface area contributed by atoms with Gasteiger partial charge < -0.3 is 15.0 Å². The monoisotopic (exact) mass is 707 g/mol. The summed E-state index contributed by atoms with van der Waals surface area (Å²) in [6.07, 6.45) is 2.83. The van der Waals surface area contributed by atoms with Gasteiger partial charge in [-0.15, -0.1) is 11.8 Å². The van der Waals surface area contributed by atoms with Gasteiger partial charge >= 0.3 is 0 Å². The number of hydrogen-bond acceptors (Lipinski definition) is 6. The third-order valence-corrected chi connectivity index (χ3v) is 10.6. The van der Waals surface area contributed by atoms with Gasteiger partial charge in [-0.05, 0) is 98.3 Å². The highest BCUT2D eigenvalue weighted by atomic mass is 35.5. The molecule has 48 heavy (non-hydrogen) atoms. The second kappa shape index (κ2) is 17.4. The number of sulfonamides is 1. The van der Waals surface area contributed by atoms with Crippen molar-refractivity contribution >= 4 is 50.9 Å². The number of halogens is 1. The number of benzene rings is 4. The van der Waals surface area contributed by atoms with Gasteiger partial charge in [0, 0.05) is 28.9 Å². The molecule has 0 bridgehead atoms. The van der Waals surface area contributed by atoms with Gasteiger partial charge in [-0.1, -0.05) is 61.0 Å². The molecule has 0 spiro atoms. The van der Waals surface area contributed by atoms with Gasteiger partial charge in [0.05, 0.1) is 17.2 Å². The van der Waals surface area contributed by atoms with Gasteiger partial charge in [0.2, 0.25) is 11.8 Å². The molecule has 1 N–H and O–H groups in total. The van der Waals surface area contributed by atoms with Crippen molar-refractivity contribution in [3.8, 4) is 5.75 Å². The summed E-state index contributed by atoms with van der Waals surface area (Å²) in [6, 6.07) is 28.6. The fraction of sp³-hybridized carbons (Fsp3) is 0.297. The Hall–Kier alpha value is -3.99. The van der Waals surface area contributed by atoms with E-state index in [0.717, 1.165) is 14.8 Å². The first-order valence-electron chi connectivity index (χ1n) is 15.8. The highest BCUT2D eigenvalue weighted by Gasteiger charge is 2.35. The predicted octanol–water partition coefficient (Wildman–Crippen LogP) is 7.21. The summed E-state index contributed by atoms with van der Waals surface area (Å²) in [7, 11) is -4.23. The standard InChI is InChI=1S/C37H42ClN3O5S2/c1-5-27(3)39-37(43)35(24-28-11-8-7-9-12-28)40(25-29-13-10-14-30(38)23-29)36(42)26-41(31-15-17-32(18-16-31)46-6-2)48(44,45)34-21-19-33(47-4)20-22-34/h7-23,27,35H,5-6,24-26H2,1-4H3,(H,39,43)/t27-,35-/m0/s1. The van der Waals surface area contributed by atoms with Crippen molar-refractivity contribution in [2.45, 2.75) is 62.0 Å². The van der Waals surface area contributed by atoms with Gasteiger partial charge in [-0.25, -0.2) is 8.42 Å². The van der Waals surface area contributed by atoms with E-state index in [2.05, 4.69) is 5.32 Å². The summed E-state index contributed by atoms with van der Waals surface area (Å²) in [5, 5.41) is 3.53. The van der Waals surface area contributed by atoms with E-state index in [0.29, 0.717) is 29.4 Å². The molecule has 0 aliphatic rings. The zero-order valence-electron chi connectivity index (χ0n) is 27.6. The number of nitrogens with one attached hydrogen (secondary N) is 1. The minimum absolute atomic E-state index is 0.0321. The number of amides is 2. The van der Waals surface area contributed by atoms with E-state index >= 15 is 0 Å². The Morgan fingerprint density at radius 1 is 0.896 bits per heavy atom. The third-order valence-electron chi connectivity index (χ3n) is 7.88. The molecule has 0 fully saturated rings. The molecule has 8 nitrogen and oxygen atoms in total. The van der Waals surface area contributed by atoms with Gasteiger partial charge in [-0.3, -0.25) is 13.9 Å². The lowest BCUT2D eigenvalue weighted by Crippen LogP contribution is -2.54. The van der Waals surface area contributed by atoms with Crippen molar-refractivity contribution in [3.05, 3.63) is 119 Å². The van der Waals surface area contributed by atoms with Gasteiger partial charge in [0.25, 0.3) is 10.0 Å². The number of ether oxygens (including phenoxy) is 1. The zero-order valence-corrected chi connectivity index (χ0v) is 30.0. The lowest BCUT2D eigenvalue weighted by molar-refractivity contribution is -0.140. The molecule has 0 saturated carbocycles. The molecule has 11 heteroatoms. The third kappa shape index (κ3) is 9.78. The summed E-state index contributed by atoms with van der Waals surface area (Å²) < 4.78 is 35.3. The number of nitrogens with zero attached hydrogens (tertiary/aromatic N) is 2. The average molecular weight is 708 g/mol. The largest absolute Gasteiger partial charge is 0.494 e. The molecule has 4 aromatic rings. The molecule has 0 aliphatic carbocycles. The van der Waals surface area contributed by atoms with Crippen LogP contribution in [-0.4, -0.2) is 56.6 Å². The first kappa shape index (κ1) is 36.8. The first-order chi connectivity index (χ1) is 23.0. The summed E-state index contributed by atoms with van der Waals surface area (Å²) in [5.74, 6) is -0.304. The maximum absolute atomic E-state index is 14.6. The van der Waals surface area contributed by atoms with E-state index in [9.17, 15) is 18.0 Å². The van der Waals surface area contributed by atoms with E-state index in [1.165, 1.54) is 28.8 Å². The van der Waals surface area contributed by atoms with Crippen LogP contribution in [0.4, 0.5) is 5.69 Å². The maximum Gasteiger partial charge on any atom is 0.264 e. The van der Waals surface area contributed by atoms with E-state index < -0.39 is 28.5 Å². The molecule has 254 valence electrons. The Morgan fingerprint density at radius 2 is 1.56 bits per heavy atom. The summed E-state index contributed by atoms with van der Waals surface area (Å²) in [6.45, 7) is 5.66. The van der Waals surface area contributed by atoms with Crippen molar-refractivity contribution in [2.24, 2.45) is 0 Å². The minimum Gasteiger partial charge on any atom is -0.494 e. The number of anilines is 1. The Morgan fingerprint density at radius 3 is 2.17 bits per heavy atom. The Labute approximate surface area is 293 Å². The van der Waals surface area contributed by atoms with E-state index in [4.69, 9.17) is 16.3 Å². The van der Waals surface area contributed by atoms with E-state index in [-0.39, 0.29) is 35.5 Å². The van der Waals surface area contributed by atoms with Crippen LogP contribution in [0.2, 0.25) is 5.02 Å². The summed E-state index contributed by atoms with van der Waals surface area (Å²) in [5.41, 5.74) is 1.84. The van der Waals surface area contributed by atoms with Gasteiger partial charge in [0.15, 0.2) is 0 Å². The van der Waals surface area contributed by atoms with E-state index in [1.807, 2.05) is 63.4 Å². The summed E-state index contributed by atoms with van der Waals surface area (Å²) in [4.78, 5) is 31.0. The molecule has 2 atom stereocenters. The number of carbonyl (C=O) groups is 2. The Kier molecular flexibility index (Phi) is 13.4. The van der Waals surface area contributed by atoms with Crippen LogP contribution < -0.4 is 14.4 Å². The molecule has 0 aliphatic heterocycles. The number of carbonyl (C=O) groups excluding carboxylic acids is 2. The van der Waals surface area contributed by atoms with E-state index in [1.54, 1.807) is 54.6 Å². The van der Waals surface area contributed by atoms with Crippen molar-refractivity contribution in [2.75, 3.05) is 23.7 Å². The van der Waals surface area contributed by atoms with Crippen LogP contribution in [0.5, 0.6) is 5.75 Å². The molecular formula is C37H42ClN3O5S2. The van der Waals surface area contributed by atoms with Crippen molar-refractivity contribution < 1.29 is 22.7 Å². The zero-order chi connectivity index (χ0) is 34.7. The van der Waals surface area contributed by atoms with Crippen molar-refractivity contribution in [3.63, 3.8) is 0 Å². The van der Waals surface area contributed by atoms with Crippen molar-refractivity contribution in [1.82, 2.24) is 10.2 Å². The molecule has 0 saturated heterocycles. The van der Waals surface area contributed by atoms with Crippen LogP contribution >= 0.6 is 23.4 Å². The average Bonchev–Trinajstić information content (AvgIpc) is 3.09. The second-order valence-corrected chi connectivity index (χ2v) is 14.5. The van der Waals surface area contributed by atoms with Crippen LogP contribution in [0.1, 0.15) is 38.3 Å². The van der Waals surface area contributed by atoms with Crippen LogP contribution in [0.3, 0.4) is 0 Å². The lowest BCUT2D eigenvalue weighted by atomic mass is 10.0. The molecule has 0 unspecified atom stereocenters. The van der Waals surface area contributed by atoms with Gasteiger partial charge in [-0.2, -0.15) is 0 Å². The molecule has 0 aromatic heterocycles. The number of hydrogen-bond donors (Lipinski definition) is 1. The highest BCUT2D eigenvalue weighted by Crippen LogP contribution is 2.28. The Bertz CT molecular complexity index is 1750. The molecule has 4 aromatic carbocycles. The van der Waals surface area contributed by atoms with Crippen LogP contribution in [-0.2, 0) is 32.6 Å². The molecule has 2 amide bonds. The second-order valence-electron chi connectivity index (χ2n) is 11.3. The van der Waals surface area contributed by atoms with Crippen LogP contribution in [0.15, 0.2) is 113 Å². The molecule has 4 rings (SSSR count). The molecular weight excluding hydrogens is 666 g/mol. The highest BCUT2D eigenvalue weighted by molar-refractivity contribution is 7.98. The van der Waals surface area contributed by atoms with Crippen molar-refractivity contribution in [1.29, 1.82) is 0 Å². The normalized spacial score (nSPS) is 12.5. The van der Waals surface area contributed by atoms with Gasteiger partial charge in [0.1, 0.15) is 18.3 Å². The topological polar surface area (TPSA) is 96.0 Å².